The van der Waals surface area contributed by atoms with Gasteiger partial charge in [0.05, 0.1) is 20.1 Å². The Kier molecular flexibility index (Phi) is 2.83. The molecule has 1 aliphatic carbocycles. The molecule has 1 nitrogen and oxygen atoms in total. The second-order valence-corrected chi connectivity index (χ2v) is 5.58. The fraction of sp³-hybridized carbons (Fsp3) is 0. The van der Waals surface area contributed by atoms with Gasteiger partial charge >= 0.3 is 0 Å². The zero-order chi connectivity index (χ0) is 13.0. The summed E-state index contributed by atoms with van der Waals surface area (Å²) in [6, 6.07) is 6.49. The van der Waals surface area contributed by atoms with E-state index in [0.717, 1.165) is 11.1 Å². The SMILES string of the molecule is O=C1c2cc(Cl)c(Cl)cc2-c2cc(Cl)c(Cl)cc21. The maximum atomic E-state index is 12.2. The van der Waals surface area contributed by atoms with Crippen molar-refractivity contribution in [3.63, 3.8) is 0 Å². The molecule has 0 N–H and O–H groups in total. The van der Waals surface area contributed by atoms with Gasteiger partial charge in [-0.2, -0.15) is 0 Å². The molecule has 3 rings (SSSR count). The summed E-state index contributed by atoms with van der Waals surface area (Å²) >= 11 is 23.8. The molecule has 1 aliphatic rings. The molecule has 2 aromatic rings. The van der Waals surface area contributed by atoms with Gasteiger partial charge in [0.25, 0.3) is 0 Å². The summed E-state index contributed by atoms with van der Waals surface area (Å²) < 4.78 is 0. The molecule has 0 aliphatic heterocycles. The first-order valence-electron chi connectivity index (χ1n) is 5.02. The highest BCUT2D eigenvalue weighted by Gasteiger charge is 2.28. The number of hydrogen-bond acceptors (Lipinski definition) is 1. The number of rotatable bonds is 0. The van der Waals surface area contributed by atoms with Crippen LogP contribution in [0.15, 0.2) is 24.3 Å². The fourth-order valence-electron chi connectivity index (χ4n) is 2.06. The molecule has 0 bridgehead atoms. The molecule has 0 atom stereocenters. The van der Waals surface area contributed by atoms with Gasteiger partial charge in [0.15, 0.2) is 5.78 Å². The summed E-state index contributed by atoms with van der Waals surface area (Å²) in [7, 11) is 0. The molecule has 0 radical (unpaired) electrons. The van der Waals surface area contributed by atoms with Crippen LogP contribution < -0.4 is 0 Å². The molecule has 0 unspecified atom stereocenters. The predicted octanol–water partition coefficient (Wildman–Crippen LogP) is 5.51. The van der Waals surface area contributed by atoms with Gasteiger partial charge in [-0.3, -0.25) is 4.79 Å². The van der Waals surface area contributed by atoms with Crippen molar-refractivity contribution in [2.45, 2.75) is 0 Å². The van der Waals surface area contributed by atoms with Gasteiger partial charge in [0, 0.05) is 11.1 Å². The van der Waals surface area contributed by atoms with E-state index in [2.05, 4.69) is 0 Å². The summed E-state index contributed by atoms with van der Waals surface area (Å²) in [6.07, 6.45) is 0. The Labute approximate surface area is 123 Å². The number of ketones is 1. The molecule has 0 saturated heterocycles. The molecule has 18 heavy (non-hydrogen) atoms. The highest BCUT2D eigenvalue weighted by atomic mass is 35.5. The normalized spacial score (nSPS) is 12.6. The average Bonchev–Trinajstić information content (AvgIpc) is 2.56. The number of benzene rings is 2. The Morgan fingerprint density at radius 2 is 0.833 bits per heavy atom. The fourth-order valence-corrected chi connectivity index (χ4v) is 2.71. The Hall–Kier alpha value is -0.730. The van der Waals surface area contributed by atoms with Crippen LogP contribution in [0.3, 0.4) is 0 Å². The summed E-state index contributed by atoms with van der Waals surface area (Å²) in [6.45, 7) is 0. The van der Waals surface area contributed by atoms with Crippen LogP contribution >= 0.6 is 46.4 Å². The zero-order valence-corrected chi connectivity index (χ0v) is 11.8. The average molecular weight is 318 g/mol. The van der Waals surface area contributed by atoms with E-state index in [1.54, 1.807) is 24.3 Å². The molecule has 90 valence electrons. The Morgan fingerprint density at radius 3 is 1.17 bits per heavy atom. The molecular formula is C13H4Cl4O. The molecule has 2 aromatic carbocycles. The van der Waals surface area contributed by atoms with Gasteiger partial charge in [0.1, 0.15) is 0 Å². The van der Waals surface area contributed by atoms with Gasteiger partial charge in [-0.25, -0.2) is 0 Å². The van der Waals surface area contributed by atoms with Gasteiger partial charge in [-0.05, 0) is 35.4 Å². The van der Waals surface area contributed by atoms with Gasteiger partial charge in [-0.1, -0.05) is 46.4 Å². The molecule has 0 spiro atoms. The maximum absolute atomic E-state index is 12.2. The van der Waals surface area contributed by atoms with E-state index in [-0.39, 0.29) is 5.78 Å². The van der Waals surface area contributed by atoms with E-state index in [0.29, 0.717) is 31.2 Å². The Bertz CT molecular complexity index is 647. The van der Waals surface area contributed by atoms with Crippen molar-refractivity contribution in [1.29, 1.82) is 0 Å². The number of carbonyl (C=O) groups is 1. The molecule has 0 saturated carbocycles. The first kappa shape index (κ1) is 12.3. The first-order chi connectivity index (χ1) is 8.49. The topological polar surface area (TPSA) is 17.1 Å². The van der Waals surface area contributed by atoms with Crippen molar-refractivity contribution in [2.75, 3.05) is 0 Å². The van der Waals surface area contributed by atoms with Crippen molar-refractivity contribution < 1.29 is 4.79 Å². The zero-order valence-electron chi connectivity index (χ0n) is 8.73. The van der Waals surface area contributed by atoms with E-state index in [1.807, 2.05) is 0 Å². The number of halogens is 4. The molecule has 0 fully saturated rings. The Balaban J connectivity index is 2.37. The van der Waals surface area contributed by atoms with Gasteiger partial charge in [-0.15, -0.1) is 0 Å². The molecular weight excluding hydrogens is 314 g/mol. The van der Waals surface area contributed by atoms with Crippen LogP contribution in [0.25, 0.3) is 11.1 Å². The lowest BCUT2D eigenvalue weighted by Crippen LogP contribution is -1.95. The van der Waals surface area contributed by atoms with Crippen molar-refractivity contribution >= 4 is 52.2 Å². The largest absolute Gasteiger partial charge is 0.289 e. The third-order valence-corrected chi connectivity index (χ3v) is 4.34. The third-order valence-electron chi connectivity index (χ3n) is 2.90. The summed E-state index contributed by atoms with van der Waals surface area (Å²) in [5, 5.41) is 1.52. The number of fused-ring (bicyclic) bond motifs is 3. The minimum Gasteiger partial charge on any atom is -0.289 e. The van der Waals surface area contributed by atoms with Crippen molar-refractivity contribution in [3.05, 3.63) is 55.5 Å². The van der Waals surface area contributed by atoms with Crippen LogP contribution in [0, 0.1) is 0 Å². The van der Waals surface area contributed by atoms with Crippen LogP contribution in [0.5, 0.6) is 0 Å². The molecule has 0 amide bonds. The second-order valence-electron chi connectivity index (χ2n) is 3.95. The minimum absolute atomic E-state index is 0.114. The molecule has 5 heteroatoms. The lowest BCUT2D eigenvalue weighted by Gasteiger charge is -2.03. The predicted molar refractivity (Wildman–Crippen MR) is 75.4 cm³/mol. The number of carbonyl (C=O) groups excluding carboxylic acids is 1. The highest BCUT2D eigenvalue weighted by Crippen LogP contribution is 2.43. The van der Waals surface area contributed by atoms with Crippen LogP contribution in [0.2, 0.25) is 20.1 Å². The van der Waals surface area contributed by atoms with Crippen LogP contribution in [-0.4, -0.2) is 5.78 Å². The van der Waals surface area contributed by atoms with Gasteiger partial charge < -0.3 is 0 Å². The lowest BCUT2D eigenvalue weighted by molar-refractivity contribution is 0.104. The lowest BCUT2D eigenvalue weighted by atomic mass is 10.1. The third kappa shape index (κ3) is 1.66. The first-order valence-corrected chi connectivity index (χ1v) is 6.53. The van der Waals surface area contributed by atoms with E-state index < -0.39 is 0 Å². The molecule has 0 aromatic heterocycles. The van der Waals surface area contributed by atoms with Crippen LogP contribution in [-0.2, 0) is 0 Å². The van der Waals surface area contributed by atoms with E-state index in [9.17, 15) is 4.79 Å². The van der Waals surface area contributed by atoms with Crippen molar-refractivity contribution in [2.24, 2.45) is 0 Å². The van der Waals surface area contributed by atoms with Gasteiger partial charge in [0.2, 0.25) is 0 Å². The smallest absolute Gasteiger partial charge is 0.194 e. The molecule has 0 heterocycles. The summed E-state index contributed by atoms with van der Waals surface area (Å²) in [5.41, 5.74) is 2.53. The van der Waals surface area contributed by atoms with Crippen LogP contribution in [0.1, 0.15) is 15.9 Å². The van der Waals surface area contributed by atoms with Crippen LogP contribution in [0.4, 0.5) is 0 Å². The van der Waals surface area contributed by atoms with E-state index in [4.69, 9.17) is 46.4 Å². The summed E-state index contributed by atoms with van der Waals surface area (Å²) in [4.78, 5) is 12.2. The standard InChI is InChI=1S/C13H4Cl4O/c14-9-1-5-6-2-10(15)12(17)4-8(6)13(18)7(5)3-11(9)16/h1-4H. The maximum Gasteiger partial charge on any atom is 0.194 e. The minimum atomic E-state index is -0.114. The highest BCUT2D eigenvalue weighted by molar-refractivity contribution is 6.44. The second kappa shape index (κ2) is 4.14. The van der Waals surface area contributed by atoms with E-state index >= 15 is 0 Å². The summed E-state index contributed by atoms with van der Waals surface area (Å²) in [5.74, 6) is -0.114. The quantitative estimate of drug-likeness (QED) is 0.534. The Morgan fingerprint density at radius 1 is 0.556 bits per heavy atom. The van der Waals surface area contributed by atoms with Crippen molar-refractivity contribution in [1.82, 2.24) is 0 Å². The van der Waals surface area contributed by atoms with E-state index in [1.165, 1.54) is 0 Å². The monoisotopic (exact) mass is 316 g/mol. The number of hydrogen-bond donors (Lipinski definition) is 0. The van der Waals surface area contributed by atoms with Crippen molar-refractivity contribution in [3.8, 4) is 11.1 Å².